The normalized spacial score (nSPS) is 12.7. The molecule has 0 N–H and O–H groups in total. The zero-order valence-corrected chi connectivity index (χ0v) is 7.41. The molecule has 55 valence electrons. The van der Waals surface area contributed by atoms with E-state index in [0.717, 1.165) is 0 Å². The van der Waals surface area contributed by atoms with Gasteiger partial charge in [0.05, 0.1) is 0 Å². The van der Waals surface area contributed by atoms with Crippen LogP contribution in [0.1, 0.15) is 47.5 Å². The number of rotatable bonds is 2. The summed E-state index contributed by atoms with van der Waals surface area (Å²) in [7, 11) is 0. The summed E-state index contributed by atoms with van der Waals surface area (Å²) in [5, 5.41) is 0. The van der Waals surface area contributed by atoms with Crippen molar-refractivity contribution in [3.8, 4) is 0 Å². The van der Waals surface area contributed by atoms with Gasteiger partial charge in [-0.25, -0.2) is 0 Å². The molecule has 0 nitrogen and oxygen atoms in total. The van der Waals surface area contributed by atoms with Gasteiger partial charge in [0.15, 0.2) is 0 Å². The number of hydrogen-bond donors (Lipinski definition) is 0. The van der Waals surface area contributed by atoms with Crippen molar-refractivity contribution in [3.05, 3.63) is 5.92 Å². The second kappa shape index (κ2) is 3.24. The van der Waals surface area contributed by atoms with Crippen molar-refractivity contribution in [1.29, 1.82) is 0 Å². The van der Waals surface area contributed by atoms with Gasteiger partial charge in [-0.05, 0) is 24.2 Å². The van der Waals surface area contributed by atoms with E-state index >= 15 is 0 Å². The Balaban J connectivity index is 3.28. The third-order valence-electron chi connectivity index (χ3n) is 1.37. The Kier molecular flexibility index (Phi) is 3.24. The van der Waals surface area contributed by atoms with Crippen molar-refractivity contribution in [2.75, 3.05) is 0 Å². The molecule has 0 fully saturated rings. The van der Waals surface area contributed by atoms with Crippen LogP contribution in [0.15, 0.2) is 0 Å². The van der Waals surface area contributed by atoms with E-state index in [0.29, 0.717) is 5.41 Å². The molecule has 9 heavy (non-hydrogen) atoms. The molecule has 0 rings (SSSR count). The average Bonchev–Trinajstić information content (AvgIpc) is 1.59. The maximum Gasteiger partial charge on any atom is -0.0303 e. The predicted molar refractivity (Wildman–Crippen MR) is 43.3 cm³/mol. The molecular weight excluding hydrogens is 108 g/mol. The summed E-state index contributed by atoms with van der Waals surface area (Å²) < 4.78 is 0. The van der Waals surface area contributed by atoms with E-state index in [1.165, 1.54) is 12.8 Å². The molecule has 0 amide bonds. The molecule has 0 saturated heterocycles. The molecule has 0 heteroatoms. The van der Waals surface area contributed by atoms with Gasteiger partial charge in [-0.1, -0.05) is 34.6 Å². The van der Waals surface area contributed by atoms with Crippen molar-refractivity contribution in [2.45, 2.75) is 47.5 Å². The maximum atomic E-state index is 2.29. The Labute approximate surface area is 59.7 Å². The highest BCUT2D eigenvalue weighted by atomic mass is 14.2. The van der Waals surface area contributed by atoms with Crippen molar-refractivity contribution in [3.63, 3.8) is 0 Å². The van der Waals surface area contributed by atoms with E-state index in [9.17, 15) is 0 Å². The molecule has 0 aromatic rings. The van der Waals surface area contributed by atoms with E-state index in [2.05, 4.69) is 34.6 Å². The standard InChI is InChI=1S/C9H19/c1-8(2)6-7-9(3,4)5/h6-7H2,1-5H3. The van der Waals surface area contributed by atoms with Crippen LogP contribution in [0.2, 0.25) is 0 Å². The van der Waals surface area contributed by atoms with Crippen LogP contribution >= 0.6 is 0 Å². The highest BCUT2D eigenvalue weighted by molar-refractivity contribution is 4.79. The van der Waals surface area contributed by atoms with Crippen LogP contribution in [0.3, 0.4) is 0 Å². The summed E-state index contributed by atoms with van der Waals surface area (Å²) in [6.07, 6.45) is 2.60. The Hall–Kier alpha value is 0. The van der Waals surface area contributed by atoms with Crippen molar-refractivity contribution < 1.29 is 0 Å². The lowest BCUT2D eigenvalue weighted by molar-refractivity contribution is 0.370. The Bertz CT molecular complexity index is 64.6. The van der Waals surface area contributed by atoms with E-state index in [1.807, 2.05) is 0 Å². The zero-order valence-electron chi connectivity index (χ0n) is 7.41. The van der Waals surface area contributed by atoms with Crippen molar-refractivity contribution in [2.24, 2.45) is 5.41 Å². The molecule has 0 saturated carbocycles. The fraction of sp³-hybridized carbons (Fsp3) is 0.889. The first-order valence-electron chi connectivity index (χ1n) is 3.71. The molecule has 0 aromatic carbocycles. The van der Waals surface area contributed by atoms with E-state index in [4.69, 9.17) is 0 Å². The van der Waals surface area contributed by atoms with E-state index in [-0.39, 0.29) is 0 Å². The largest absolute Gasteiger partial charge is 0.0602 e. The van der Waals surface area contributed by atoms with Crippen molar-refractivity contribution >= 4 is 0 Å². The first-order chi connectivity index (χ1) is 3.92. The quantitative estimate of drug-likeness (QED) is 0.533. The Morgan fingerprint density at radius 2 is 1.56 bits per heavy atom. The van der Waals surface area contributed by atoms with Crippen LogP contribution in [0.4, 0.5) is 0 Å². The molecule has 0 heterocycles. The maximum absolute atomic E-state index is 2.29. The fourth-order valence-electron chi connectivity index (χ4n) is 0.625. The molecule has 0 aromatic heterocycles. The summed E-state index contributed by atoms with van der Waals surface area (Å²) in [5.74, 6) is 1.55. The topological polar surface area (TPSA) is 0 Å². The predicted octanol–water partition coefficient (Wildman–Crippen LogP) is 3.43. The highest BCUT2D eigenvalue weighted by Gasteiger charge is 2.09. The molecule has 0 aliphatic heterocycles. The van der Waals surface area contributed by atoms with Gasteiger partial charge < -0.3 is 0 Å². The third-order valence-corrected chi connectivity index (χ3v) is 1.37. The Morgan fingerprint density at radius 1 is 1.11 bits per heavy atom. The smallest absolute Gasteiger partial charge is 0.0303 e. The van der Waals surface area contributed by atoms with Gasteiger partial charge in [0, 0.05) is 0 Å². The monoisotopic (exact) mass is 127 g/mol. The minimum atomic E-state index is 0.511. The number of hydrogen-bond acceptors (Lipinski definition) is 0. The first-order valence-corrected chi connectivity index (χ1v) is 3.71. The summed E-state index contributed by atoms with van der Waals surface area (Å²) in [5.41, 5.74) is 0.511. The first kappa shape index (κ1) is 9.00. The molecule has 0 bridgehead atoms. The lowest BCUT2D eigenvalue weighted by atomic mass is 9.88. The van der Waals surface area contributed by atoms with Gasteiger partial charge in [-0.15, -0.1) is 0 Å². The van der Waals surface area contributed by atoms with Gasteiger partial charge >= 0.3 is 0 Å². The molecule has 1 radical (unpaired) electrons. The third kappa shape index (κ3) is 8.00. The van der Waals surface area contributed by atoms with Crippen LogP contribution in [0.25, 0.3) is 0 Å². The van der Waals surface area contributed by atoms with Crippen molar-refractivity contribution in [1.82, 2.24) is 0 Å². The highest BCUT2D eigenvalue weighted by Crippen LogP contribution is 2.23. The molecule has 0 atom stereocenters. The van der Waals surface area contributed by atoms with Gasteiger partial charge in [0.2, 0.25) is 0 Å². The molecule has 0 unspecified atom stereocenters. The fourth-order valence-corrected chi connectivity index (χ4v) is 0.625. The van der Waals surface area contributed by atoms with Gasteiger partial charge in [-0.3, -0.25) is 0 Å². The van der Waals surface area contributed by atoms with Crippen LogP contribution in [0, 0.1) is 11.3 Å². The van der Waals surface area contributed by atoms with Crippen LogP contribution < -0.4 is 0 Å². The molecular formula is C9H19. The molecule has 0 spiro atoms. The van der Waals surface area contributed by atoms with Crippen LogP contribution in [-0.4, -0.2) is 0 Å². The SMILES string of the molecule is C[C](C)CCC(C)(C)C. The van der Waals surface area contributed by atoms with Crippen LogP contribution in [-0.2, 0) is 0 Å². The zero-order chi connectivity index (χ0) is 7.49. The average molecular weight is 127 g/mol. The minimum absolute atomic E-state index is 0.511. The van der Waals surface area contributed by atoms with Gasteiger partial charge in [-0.2, -0.15) is 0 Å². The summed E-state index contributed by atoms with van der Waals surface area (Å²) >= 11 is 0. The molecule has 0 aliphatic carbocycles. The van der Waals surface area contributed by atoms with E-state index in [1.54, 1.807) is 5.92 Å². The summed E-state index contributed by atoms with van der Waals surface area (Å²) in [6.45, 7) is 11.3. The summed E-state index contributed by atoms with van der Waals surface area (Å²) in [6, 6.07) is 0. The second-order valence-corrected chi connectivity index (χ2v) is 4.27. The summed E-state index contributed by atoms with van der Waals surface area (Å²) in [4.78, 5) is 0. The lowest BCUT2D eigenvalue weighted by Gasteiger charge is -2.18. The van der Waals surface area contributed by atoms with Gasteiger partial charge in [0.1, 0.15) is 0 Å². The minimum Gasteiger partial charge on any atom is -0.0602 e. The lowest BCUT2D eigenvalue weighted by Crippen LogP contribution is -2.05. The molecule has 0 aliphatic rings. The van der Waals surface area contributed by atoms with Crippen LogP contribution in [0.5, 0.6) is 0 Å². The van der Waals surface area contributed by atoms with E-state index < -0.39 is 0 Å². The van der Waals surface area contributed by atoms with Gasteiger partial charge in [0.25, 0.3) is 0 Å². The second-order valence-electron chi connectivity index (χ2n) is 4.27. The Morgan fingerprint density at radius 3 is 1.67 bits per heavy atom.